The van der Waals surface area contributed by atoms with Crippen molar-refractivity contribution in [3.8, 4) is 17.2 Å². The molecule has 1 aromatic heterocycles. The van der Waals surface area contributed by atoms with Crippen LogP contribution >= 0.6 is 0 Å². The molecule has 42 heavy (non-hydrogen) atoms. The number of amides is 2. The number of hydrogen-bond acceptors (Lipinski definition) is 8. The molecule has 0 radical (unpaired) electrons. The van der Waals surface area contributed by atoms with Gasteiger partial charge in [-0.05, 0) is 63.1 Å². The van der Waals surface area contributed by atoms with Gasteiger partial charge in [0, 0.05) is 49.4 Å². The highest BCUT2D eigenvalue weighted by Gasteiger charge is 2.37. The second kappa shape index (κ2) is 11.3. The molecule has 3 aromatic rings. The number of nitrogens with zero attached hydrogens (tertiary/aromatic N) is 5. The largest absolute Gasteiger partial charge is 0.494 e. The predicted octanol–water partition coefficient (Wildman–Crippen LogP) is 5.01. The Kier molecular flexibility index (Phi) is 7.88. The molecule has 2 aliphatic heterocycles. The second-order valence-corrected chi connectivity index (χ2v) is 11.3. The van der Waals surface area contributed by atoms with E-state index in [0.29, 0.717) is 60.8 Å². The number of benzene rings is 2. The first-order chi connectivity index (χ1) is 19.9. The lowest BCUT2D eigenvalue weighted by Gasteiger charge is -2.35. The number of piperazine rings is 1. The Morgan fingerprint density at radius 1 is 1.12 bits per heavy atom. The minimum atomic E-state index is -2.21. The predicted molar refractivity (Wildman–Crippen MR) is 144 cm³/mol. The molecule has 0 bridgehead atoms. The van der Waals surface area contributed by atoms with Crippen molar-refractivity contribution in [1.82, 2.24) is 24.8 Å². The third kappa shape index (κ3) is 5.78. The Morgan fingerprint density at radius 3 is 2.50 bits per heavy atom. The maximum atomic E-state index is 15.4. The number of rotatable bonds is 6. The number of carbonyl (C=O) groups excluding carboxylic acids is 2. The zero-order valence-corrected chi connectivity index (χ0v) is 24.0. The first-order valence-electron chi connectivity index (χ1n) is 13.5. The Morgan fingerprint density at radius 2 is 1.83 bits per heavy atom. The highest BCUT2D eigenvalue weighted by Crippen LogP contribution is 2.38. The molecule has 0 saturated carbocycles. The van der Waals surface area contributed by atoms with E-state index in [4.69, 9.17) is 14.0 Å². The first kappa shape index (κ1) is 29.4. The summed E-state index contributed by atoms with van der Waals surface area (Å²) in [6.45, 7) is 9.69. The number of halogens is 3. The molecule has 1 saturated heterocycles. The summed E-state index contributed by atoms with van der Waals surface area (Å²) in [4.78, 5) is 34.5. The third-order valence-electron chi connectivity index (χ3n) is 7.16. The maximum Gasteiger partial charge on any atom is 0.410 e. The fourth-order valence-corrected chi connectivity index (χ4v) is 5.10. The summed E-state index contributed by atoms with van der Waals surface area (Å²) < 4.78 is 59.9. The average Bonchev–Trinajstić information content (AvgIpc) is 3.53. The summed E-state index contributed by atoms with van der Waals surface area (Å²) in [5, 5.41) is 4.08. The van der Waals surface area contributed by atoms with Crippen LogP contribution in [0, 0.1) is 18.6 Å². The molecule has 2 amide bonds. The van der Waals surface area contributed by atoms with Crippen LogP contribution in [0.25, 0.3) is 11.5 Å². The fourth-order valence-electron chi connectivity index (χ4n) is 5.10. The van der Waals surface area contributed by atoms with Gasteiger partial charge in [-0.2, -0.15) is 9.37 Å². The smallest absolute Gasteiger partial charge is 0.410 e. The molecule has 1 fully saturated rings. The third-order valence-corrected chi connectivity index (χ3v) is 7.16. The number of hydrogen-bond donors (Lipinski definition) is 0. The monoisotopic (exact) mass is 587 g/mol. The topological polar surface area (TPSA) is 101 Å². The van der Waals surface area contributed by atoms with Crippen molar-refractivity contribution in [3.63, 3.8) is 0 Å². The van der Waals surface area contributed by atoms with Crippen molar-refractivity contribution in [3.05, 3.63) is 64.0 Å². The standard InChI is InChI=1S/C29H32F3N5O5/c1-16-12-17(26-33-21(34-42-26)15-35-8-10-36(11-9-35)28(39)41-29(2,3)4)13-18-14-37(27(38)22(16)18)25(32)19-6-7-20(40-5)24(31)23(19)30/h6-7,12-13,25H,8-11,14-15H2,1-5H3. The normalized spacial score (nSPS) is 16.5. The quantitative estimate of drug-likeness (QED) is 0.371. The summed E-state index contributed by atoms with van der Waals surface area (Å²) in [6, 6.07) is 5.53. The Labute approximate surface area is 241 Å². The van der Waals surface area contributed by atoms with E-state index in [9.17, 15) is 18.4 Å². The minimum absolute atomic E-state index is 0.153. The van der Waals surface area contributed by atoms with Gasteiger partial charge in [0.25, 0.3) is 11.8 Å². The molecule has 13 heteroatoms. The zero-order chi connectivity index (χ0) is 30.3. The number of methoxy groups -OCH3 is 1. The summed E-state index contributed by atoms with van der Waals surface area (Å²) in [5.41, 5.74) is 0.746. The van der Waals surface area contributed by atoms with Crippen molar-refractivity contribution >= 4 is 12.0 Å². The van der Waals surface area contributed by atoms with Crippen molar-refractivity contribution in [2.75, 3.05) is 33.3 Å². The van der Waals surface area contributed by atoms with E-state index < -0.39 is 35.0 Å². The van der Waals surface area contributed by atoms with Crippen LogP contribution in [0.15, 0.2) is 28.8 Å². The van der Waals surface area contributed by atoms with Gasteiger partial charge in [-0.3, -0.25) is 9.69 Å². The first-order valence-corrected chi connectivity index (χ1v) is 13.5. The molecule has 1 unspecified atom stereocenters. The second-order valence-electron chi connectivity index (χ2n) is 11.3. The number of carbonyl (C=O) groups is 2. The highest BCUT2D eigenvalue weighted by molar-refractivity contribution is 6.00. The molecule has 5 rings (SSSR count). The van der Waals surface area contributed by atoms with Gasteiger partial charge in [0.05, 0.1) is 13.7 Å². The van der Waals surface area contributed by atoms with Crippen molar-refractivity contribution in [2.45, 2.75) is 52.7 Å². The number of aromatic nitrogens is 2. The van der Waals surface area contributed by atoms with Crippen LogP contribution in [0.3, 0.4) is 0 Å². The molecule has 3 heterocycles. The van der Waals surface area contributed by atoms with Gasteiger partial charge < -0.3 is 23.8 Å². The van der Waals surface area contributed by atoms with Gasteiger partial charge in [-0.15, -0.1) is 0 Å². The van der Waals surface area contributed by atoms with E-state index >= 15 is 4.39 Å². The van der Waals surface area contributed by atoms with Gasteiger partial charge in [-0.25, -0.2) is 13.6 Å². The van der Waals surface area contributed by atoms with E-state index in [1.807, 2.05) is 20.8 Å². The molecule has 10 nitrogen and oxygen atoms in total. The van der Waals surface area contributed by atoms with Gasteiger partial charge in [0.1, 0.15) is 5.60 Å². The minimum Gasteiger partial charge on any atom is -0.494 e. The molecule has 1 atom stereocenters. The molecule has 0 spiro atoms. The molecular weight excluding hydrogens is 555 g/mol. The zero-order valence-electron chi connectivity index (χ0n) is 24.0. The van der Waals surface area contributed by atoms with Crippen molar-refractivity contribution < 1.29 is 36.8 Å². The van der Waals surface area contributed by atoms with Crippen LogP contribution < -0.4 is 4.74 Å². The number of aryl methyl sites for hydroxylation is 1. The lowest BCUT2D eigenvalue weighted by Crippen LogP contribution is -2.49. The Hall–Kier alpha value is -4.13. The van der Waals surface area contributed by atoms with Gasteiger partial charge in [-0.1, -0.05) is 5.16 Å². The lowest BCUT2D eigenvalue weighted by atomic mass is 10.0. The molecule has 0 N–H and O–H groups in total. The fraction of sp³-hybridized carbons (Fsp3) is 0.448. The molecule has 2 aromatic carbocycles. The van der Waals surface area contributed by atoms with Gasteiger partial charge in [0.15, 0.2) is 17.4 Å². The van der Waals surface area contributed by atoms with Crippen molar-refractivity contribution in [2.24, 2.45) is 0 Å². The number of fused-ring (bicyclic) bond motifs is 1. The van der Waals surface area contributed by atoms with Crippen LogP contribution in [-0.2, 0) is 17.8 Å². The number of ether oxygens (including phenoxy) is 2. The molecule has 2 aliphatic rings. The Bertz CT molecular complexity index is 1510. The van der Waals surface area contributed by atoms with E-state index in [1.165, 1.54) is 7.11 Å². The van der Waals surface area contributed by atoms with Crippen LogP contribution in [0.5, 0.6) is 5.75 Å². The molecule has 224 valence electrons. The SMILES string of the molecule is COc1ccc(C(F)N2Cc3cc(-c4nc(CN5CCN(C(=O)OC(C)(C)C)CC5)no4)cc(C)c3C2=O)c(F)c1F. The molecule has 0 aliphatic carbocycles. The van der Waals surface area contributed by atoms with E-state index in [1.54, 1.807) is 24.0 Å². The van der Waals surface area contributed by atoms with Crippen molar-refractivity contribution in [1.29, 1.82) is 0 Å². The van der Waals surface area contributed by atoms with Crippen LogP contribution in [0.4, 0.5) is 18.0 Å². The maximum absolute atomic E-state index is 15.4. The summed E-state index contributed by atoms with van der Waals surface area (Å²) in [7, 11) is 1.17. The number of alkyl halides is 1. The van der Waals surface area contributed by atoms with E-state index in [-0.39, 0.29) is 24.3 Å². The van der Waals surface area contributed by atoms with Gasteiger partial charge >= 0.3 is 6.09 Å². The lowest BCUT2D eigenvalue weighted by molar-refractivity contribution is 0.0136. The highest BCUT2D eigenvalue weighted by atomic mass is 19.2. The van der Waals surface area contributed by atoms with Crippen LogP contribution in [0.1, 0.15) is 59.9 Å². The van der Waals surface area contributed by atoms with Gasteiger partial charge in [0.2, 0.25) is 12.1 Å². The molecular formula is C29H32F3N5O5. The summed E-state index contributed by atoms with van der Waals surface area (Å²) in [6.07, 6.45) is -2.55. The average molecular weight is 588 g/mol. The van der Waals surface area contributed by atoms with Crippen LogP contribution in [0.2, 0.25) is 0 Å². The summed E-state index contributed by atoms with van der Waals surface area (Å²) >= 11 is 0. The van der Waals surface area contributed by atoms with E-state index in [0.717, 1.165) is 17.0 Å². The Balaban J connectivity index is 1.26. The van der Waals surface area contributed by atoms with E-state index in [2.05, 4.69) is 15.0 Å². The summed E-state index contributed by atoms with van der Waals surface area (Å²) in [5.74, 6) is -3.04. The van der Waals surface area contributed by atoms with Crippen LogP contribution in [-0.4, -0.2) is 75.7 Å².